The fraction of sp³-hybridized carbons (Fsp3) is 0.364. The number of hydrogen-bond donors (Lipinski definition) is 3. The van der Waals surface area contributed by atoms with Crippen molar-refractivity contribution in [2.24, 2.45) is 5.92 Å². The molecule has 0 spiro atoms. The molecule has 80 valence electrons. The van der Waals surface area contributed by atoms with E-state index in [1.807, 2.05) is 0 Å². The number of nitrogens with two attached hydrogens (primary N) is 1. The van der Waals surface area contributed by atoms with E-state index in [0.29, 0.717) is 18.2 Å². The third kappa shape index (κ3) is 2.40. The Morgan fingerprint density at radius 1 is 1.53 bits per heavy atom. The van der Waals surface area contributed by atoms with Crippen LogP contribution in [0, 0.1) is 5.92 Å². The summed E-state index contributed by atoms with van der Waals surface area (Å²) in [6, 6.07) is 4.52. The number of carbonyl (C=O) groups excluding carboxylic acids is 1. The Balaban J connectivity index is 2.03. The summed E-state index contributed by atoms with van der Waals surface area (Å²) in [5.74, 6) is 0.326. The molecule has 0 bridgehead atoms. The van der Waals surface area contributed by atoms with Gasteiger partial charge >= 0.3 is 0 Å². The van der Waals surface area contributed by atoms with Gasteiger partial charge in [0.25, 0.3) is 5.91 Å². The van der Waals surface area contributed by atoms with Crippen molar-refractivity contribution in [3.8, 4) is 5.75 Å². The zero-order valence-electron chi connectivity index (χ0n) is 8.36. The Labute approximate surface area is 88.1 Å². The third-order valence-electron chi connectivity index (χ3n) is 2.51. The molecule has 1 aromatic carbocycles. The van der Waals surface area contributed by atoms with Gasteiger partial charge in [0.15, 0.2) is 0 Å². The SMILES string of the molecule is Nc1ccc(C(=O)NCC2CC2)c(O)c1. The monoisotopic (exact) mass is 206 g/mol. The van der Waals surface area contributed by atoms with Crippen molar-refractivity contribution in [1.29, 1.82) is 0 Å². The lowest BCUT2D eigenvalue weighted by molar-refractivity contribution is 0.0949. The number of nitrogen functional groups attached to an aromatic ring is 1. The van der Waals surface area contributed by atoms with E-state index in [1.165, 1.54) is 25.0 Å². The lowest BCUT2D eigenvalue weighted by Crippen LogP contribution is -2.25. The first-order valence-electron chi connectivity index (χ1n) is 5.03. The molecular formula is C11H14N2O2. The molecule has 2 rings (SSSR count). The van der Waals surface area contributed by atoms with Gasteiger partial charge in [-0.3, -0.25) is 4.79 Å². The average molecular weight is 206 g/mol. The van der Waals surface area contributed by atoms with Gasteiger partial charge in [-0.2, -0.15) is 0 Å². The first-order valence-corrected chi connectivity index (χ1v) is 5.03. The maximum absolute atomic E-state index is 11.6. The van der Waals surface area contributed by atoms with Crippen LogP contribution in [-0.2, 0) is 0 Å². The maximum Gasteiger partial charge on any atom is 0.255 e. The van der Waals surface area contributed by atoms with Crippen LogP contribution in [0.3, 0.4) is 0 Å². The zero-order valence-corrected chi connectivity index (χ0v) is 8.36. The summed E-state index contributed by atoms with van der Waals surface area (Å²) >= 11 is 0. The van der Waals surface area contributed by atoms with Crippen molar-refractivity contribution in [2.75, 3.05) is 12.3 Å². The predicted octanol–water partition coefficient (Wildman–Crippen LogP) is 1.11. The highest BCUT2D eigenvalue weighted by molar-refractivity contribution is 5.97. The van der Waals surface area contributed by atoms with Crippen molar-refractivity contribution in [3.05, 3.63) is 23.8 Å². The molecule has 4 N–H and O–H groups in total. The van der Waals surface area contributed by atoms with Gasteiger partial charge in [-0.05, 0) is 30.9 Å². The normalized spacial score (nSPS) is 14.9. The Hall–Kier alpha value is -1.71. The summed E-state index contributed by atoms with van der Waals surface area (Å²) in [6.07, 6.45) is 2.38. The largest absolute Gasteiger partial charge is 0.507 e. The van der Waals surface area contributed by atoms with Crippen molar-refractivity contribution >= 4 is 11.6 Å². The van der Waals surface area contributed by atoms with E-state index < -0.39 is 0 Å². The maximum atomic E-state index is 11.6. The van der Waals surface area contributed by atoms with Crippen molar-refractivity contribution in [2.45, 2.75) is 12.8 Å². The average Bonchev–Trinajstić information content (AvgIpc) is 2.97. The molecule has 0 atom stereocenters. The van der Waals surface area contributed by atoms with E-state index in [0.717, 1.165) is 0 Å². The highest BCUT2D eigenvalue weighted by atomic mass is 16.3. The Kier molecular flexibility index (Phi) is 2.49. The number of carbonyl (C=O) groups is 1. The molecule has 1 aliphatic rings. The number of phenols is 1. The summed E-state index contributed by atoms with van der Waals surface area (Å²) in [5, 5.41) is 12.3. The Morgan fingerprint density at radius 3 is 2.87 bits per heavy atom. The van der Waals surface area contributed by atoms with Gasteiger partial charge in [0, 0.05) is 18.3 Å². The number of benzene rings is 1. The number of aromatic hydroxyl groups is 1. The topological polar surface area (TPSA) is 75.4 Å². The van der Waals surface area contributed by atoms with E-state index in [4.69, 9.17) is 5.73 Å². The molecule has 1 fully saturated rings. The molecule has 1 amide bonds. The number of rotatable bonds is 3. The van der Waals surface area contributed by atoms with Crippen LogP contribution in [0.1, 0.15) is 23.2 Å². The highest BCUT2D eigenvalue weighted by Gasteiger charge is 2.22. The fourth-order valence-corrected chi connectivity index (χ4v) is 1.39. The second-order valence-electron chi connectivity index (χ2n) is 3.93. The number of nitrogens with one attached hydrogen (secondary N) is 1. The lowest BCUT2D eigenvalue weighted by atomic mass is 10.1. The summed E-state index contributed by atoms with van der Waals surface area (Å²) in [7, 11) is 0. The van der Waals surface area contributed by atoms with Crippen molar-refractivity contribution in [1.82, 2.24) is 5.32 Å². The van der Waals surface area contributed by atoms with Crippen LogP contribution in [0.4, 0.5) is 5.69 Å². The van der Waals surface area contributed by atoms with Crippen LogP contribution in [0.2, 0.25) is 0 Å². The van der Waals surface area contributed by atoms with E-state index in [-0.39, 0.29) is 17.2 Å². The van der Waals surface area contributed by atoms with Gasteiger partial charge in [-0.15, -0.1) is 0 Å². The standard InChI is InChI=1S/C11H14N2O2/c12-8-3-4-9(10(14)5-8)11(15)13-6-7-1-2-7/h3-5,7,14H,1-2,6,12H2,(H,13,15). The van der Waals surface area contributed by atoms with Gasteiger partial charge in [-0.25, -0.2) is 0 Å². The van der Waals surface area contributed by atoms with Crippen LogP contribution in [0.15, 0.2) is 18.2 Å². The molecule has 1 aromatic rings. The molecule has 0 aliphatic heterocycles. The molecular weight excluding hydrogens is 192 g/mol. The Bertz CT molecular complexity index is 386. The molecule has 0 unspecified atom stereocenters. The predicted molar refractivity (Wildman–Crippen MR) is 57.6 cm³/mol. The lowest BCUT2D eigenvalue weighted by Gasteiger charge is -2.06. The number of amides is 1. The minimum absolute atomic E-state index is 0.0664. The van der Waals surface area contributed by atoms with Gasteiger partial charge in [0.1, 0.15) is 5.75 Å². The summed E-state index contributed by atoms with van der Waals surface area (Å²) < 4.78 is 0. The van der Waals surface area contributed by atoms with E-state index in [9.17, 15) is 9.90 Å². The third-order valence-corrected chi connectivity index (χ3v) is 2.51. The Morgan fingerprint density at radius 2 is 2.27 bits per heavy atom. The van der Waals surface area contributed by atoms with Crippen LogP contribution in [-0.4, -0.2) is 17.6 Å². The first kappa shape index (κ1) is 9.83. The second-order valence-corrected chi connectivity index (χ2v) is 3.93. The first-order chi connectivity index (χ1) is 7.16. The minimum atomic E-state index is -0.237. The fourth-order valence-electron chi connectivity index (χ4n) is 1.39. The van der Waals surface area contributed by atoms with Crippen LogP contribution in [0.25, 0.3) is 0 Å². The molecule has 0 heterocycles. The van der Waals surface area contributed by atoms with Gasteiger partial charge in [0.05, 0.1) is 5.56 Å². The zero-order chi connectivity index (χ0) is 10.8. The van der Waals surface area contributed by atoms with Crippen LogP contribution < -0.4 is 11.1 Å². The summed E-state index contributed by atoms with van der Waals surface area (Å²) in [5.41, 5.74) is 6.20. The molecule has 15 heavy (non-hydrogen) atoms. The van der Waals surface area contributed by atoms with Crippen LogP contribution >= 0.6 is 0 Å². The molecule has 1 aliphatic carbocycles. The van der Waals surface area contributed by atoms with E-state index >= 15 is 0 Å². The molecule has 0 aromatic heterocycles. The number of anilines is 1. The highest BCUT2D eigenvalue weighted by Crippen LogP contribution is 2.28. The summed E-state index contributed by atoms with van der Waals surface area (Å²) in [4.78, 5) is 11.6. The van der Waals surface area contributed by atoms with Crippen LogP contribution in [0.5, 0.6) is 5.75 Å². The number of hydrogen-bond acceptors (Lipinski definition) is 3. The second kappa shape index (κ2) is 3.81. The number of phenolic OH excluding ortho intramolecular Hbond substituents is 1. The van der Waals surface area contributed by atoms with Crippen molar-refractivity contribution < 1.29 is 9.90 Å². The summed E-state index contributed by atoms with van der Waals surface area (Å²) in [6.45, 7) is 0.697. The van der Waals surface area contributed by atoms with Gasteiger partial charge < -0.3 is 16.2 Å². The van der Waals surface area contributed by atoms with Crippen molar-refractivity contribution in [3.63, 3.8) is 0 Å². The van der Waals surface area contributed by atoms with E-state index in [2.05, 4.69) is 5.32 Å². The quantitative estimate of drug-likeness (QED) is 0.648. The van der Waals surface area contributed by atoms with Gasteiger partial charge in [0.2, 0.25) is 0 Å². The minimum Gasteiger partial charge on any atom is -0.507 e. The molecule has 4 heteroatoms. The molecule has 0 radical (unpaired) electrons. The van der Waals surface area contributed by atoms with E-state index in [1.54, 1.807) is 6.07 Å². The molecule has 4 nitrogen and oxygen atoms in total. The smallest absolute Gasteiger partial charge is 0.255 e. The molecule has 1 saturated carbocycles. The molecule has 0 saturated heterocycles. The van der Waals surface area contributed by atoms with Gasteiger partial charge in [-0.1, -0.05) is 0 Å².